The van der Waals surface area contributed by atoms with Crippen LogP contribution in [0.15, 0.2) is 76.6 Å². The van der Waals surface area contributed by atoms with Crippen molar-refractivity contribution >= 4 is 34.2 Å². The molecule has 5 rings (SSSR count). The third-order valence-electron chi connectivity index (χ3n) is 6.32. The van der Waals surface area contributed by atoms with E-state index in [1.54, 1.807) is 18.2 Å². The minimum absolute atomic E-state index is 0.00968. The molecule has 0 radical (unpaired) electrons. The predicted molar refractivity (Wildman–Crippen MR) is 132 cm³/mol. The summed E-state index contributed by atoms with van der Waals surface area (Å²) >= 11 is 0.980. The van der Waals surface area contributed by atoms with Gasteiger partial charge in [-0.2, -0.15) is 13.2 Å². The lowest BCUT2D eigenvalue weighted by Crippen LogP contribution is -2.31. The summed E-state index contributed by atoms with van der Waals surface area (Å²) in [5, 5.41) is 23.6. The third-order valence-corrected chi connectivity index (χ3v) is 7.48. The Labute approximate surface area is 211 Å². The average molecular weight is 526 g/mol. The minimum Gasteiger partial charge on any atom is -0.480 e. The van der Waals surface area contributed by atoms with Gasteiger partial charge in [0.1, 0.15) is 6.04 Å². The summed E-state index contributed by atoms with van der Waals surface area (Å²) in [7, 11) is 0. The number of nitro groups is 1. The first-order valence-electron chi connectivity index (χ1n) is 11.0. The molecule has 1 aliphatic rings. The number of nitrogens with zero attached hydrogens (tertiary/aromatic N) is 2. The summed E-state index contributed by atoms with van der Waals surface area (Å²) in [5.41, 5.74) is -2.27. The van der Waals surface area contributed by atoms with Crippen molar-refractivity contribution in [1.29, 1.82) is 0 Å². The van der Waals surface area contributed by atoms with Gasteiger partial charge in [-0.1, -0.05) is 54.6 Å². The topological polar surface area (TPSA) is 102 Å². The Kier molecular flexibility index (Phi) is 6.03. The fraction of sp³-hybridized carbons (Fsp3) is 0.154. The number of aromatic nitrogens is 1. The summed E-state index contributed by atoms with van der Waals surface area (Å²) in [5.74, 6) is -1.45. The lowest BCUT2D eigenvalue weighted by Gasteiger charge is -2.18. The van der Waals surface area contributed by atoms with E-state index in [9.17, 15) is 38.0 Å². The molecule has 188 valence electrons. The van der Waals surface area contributed by atoms with Gasteiger partial charge in [0.05, 0.1) is 21.1 Å². The molecule has 0 saturated heterocycles. The summed E-state index contributed by atoms with van der Waals surface area (Å²) in [6.45, 7) is 0. The zero-order chi connectivity index (χ0) is 26.5. The molecule has 4 aromatic rings. The molecule has 1 aromatic heterocycles. The number of rotatable bonds is 5. The Bertz CT molecular complexity index is 1640. The standard InChI is InChI=1S/C26H17F3N2O5S/c27-26(28,29)17-9-4-8-16(11-17)21-19(12-15-7-3-6-14-5-1-2-10-18(14)15)22(31(35)36)23(32)30-20(25(33)34)13-37-24(21)30/h1-11,20H,12-13H2,(H,33,34). The second-order valence-electron chi connectivity index (χ2n) is 8.50. The largest absolute Gasteiger partial charge is 0.480 e. The van der Waals surface area contributed by atoms with E-state index >= 15 is 0 Å². The number of aliphatic carboxylic acids is 1. The highest BCUT2D eigenvalue weighted by Gasteiger charge is 2.39. The molecule has 1 unspecified atom stereocenters. The molecule has 0 fully saturated rings. The van der Waals surface area contributed by atoms with Crippen molar-refractivity contribution in [3.05, 3.63) is 104 Å². The van der Waals surface area contributed by atoms with Crippen LogP contribution < -0.4 is 5.56 Å². The zero-order valence-corrected chi connectivity index (χ0v) is 19.7. The first-order valence-corrected chi connectivity index (χ1v) is 12.0. The fourth-order valence-corrected chi connectivity index (χ4v) is 6.03. The second-order valence-corrected chi connectivity index (χ2v) is 9.51. The molecule has 0 amide bonds. The number of fused-ring (bicyclic) bond motifs is 2. The molecule has 0 saturated carbocycles. The number of benzene rings is 3. The SMILES string of the molecule is O=C(O)C1CSc2c(-c3cccc(C(F)(F)F)c3)c(Cc3cccc4ccccc34)c([N+](=O)[O-])c(=O)n21. The highest BCUT2D eigenvalue weighted by Crippen LogP contribution is 2.45. The molecule has 0 aliphatic carbocycles. The van der Waals surface area contributed by atoms with Crippen LogP contribution in [0.4, 0.5) is 18.9 Å². The zero-order valence-electron chi connectivity index (χ0n) is 18.9. The van der Waals surface area contributed by atoms with Gasteiger partial charge in [0.15, 0.2) is 0 Å². The highest BCUT2D eigenvalue weighted by molar-refractivity contribution is 7.99. The number of alkyl halides is 3. The first kappa shape index (κ1) is 24.6. The van der Waals surface area contributed by atoms with Crippen molar-refractivity contribution in [1.82, 2.24) is 4.57 Å². The van der Waals surface area contributed by atoms with Gasteiger partial charge < -0.3 is 5.11 Å². The highest BCUT2D eigenvalue weighted by atomic mass is 32.2. The fourth-order valence-electron chi connectivity index (χ4n) is 4.69. The molecule has 2 heterocycles. The Morgan fingerprint density at radius 1 is 1.11 bits per heavy atom. The number of hydrogen-bond donors (Lipinski definition) is 1. The quantitative estimate of drug-likeness (QED) is 0.256. The molecule has 3 aromatic carbocycles. The molecular formula is C26H17F3N2O5S. The summed E-state index contributed by atoms with van der Waals surface area (Å²) < 4.78 is 41.5. The summed E-state index contributed by atoms with van der Waals surface area (Å²) in [6, 6.07) is 15.5. The van der Waals surface area contributed by atoms with Crippen LogP contribution in [0.25, 0.3) is 21.9 Å². The number of carboxylic acids is 1. The Balaban J connectivity index is 1.87. The maximum Gasteiger partial charge on any atom is 0.416 e. The molecule has 7 nitrogen and oxygen atoms in total. The van der Waals surface area contributed by atoms with E-state index in [4.69, 9.17) is 0 Å². The number of thioether (sulfide) groups is 1. The number of carbonyl (C=O) groups is 1. The van der Waals surface area contributed by atoms with Gasteiger partial charge in [0, 0.05) is 17.7 Å². The van der Waals surface area contributed by atoms with Crippen molar-refractivity contribution in [2.45, 2.75) is 23.7 Å². The molecule has 1 N–H and O–H groups in total. The first-order chi connectivity index (χ1) is 17.6. The van der Waals surface area contributed by atoms with E-state index in [0.29, 0.717) is 5.56 Å². The number of carboxylic acid groups (broad SMARTS) is 1. The molecular weight excluding hydrogens is 509 g/mol. The van der Waals surface area contributed by atoms with E-state index in [-0.39, 0.29) is 33.9 Å². The average Bonchev–Trinajstić information content (AvgIpc) is 3.29. The normalized spacial score (nSPS) is 15.1. The lowest BCUT2D eigenvalue weighted by molar-refractivity contribution is -0.387. The van der Waals surface area contributed by atoms with E-state index in [1.807, 2.05) is 24.3 Å². The van der Waals surface area contributed by atoms with Crippen molar-refractivity contribution < 1.29 is 28.0 Å². The van der Waals surface area contributed by atoms with Gasteiger partial charge in [0.2, 0.25) is 0 Å². The predicted octanol–water partition coefficient (Wildman–Crippen LogP) is 5.92. The van der Waals surface area contributed by atoms with Gasteiger partial charge in [-0.25, -0.2) is 4.79 Å². The van der Waals surface area contributed by atoms with Gasteiger partial charge in [0.25, 0.3) is 0 Å². The van der Waals surface area contributed by atoms with Crippen LogP contribution >= 0.6 is 11.8 Å². The molecule has 0 bridgehead atoms. The third kappa shape index (κ3) is 4.25. The minimum atomic E-state index is -4.68. The van der Waals surface area contributed by atoms with E-state index < -0.39 is 39.9 Å². The number of halogens is 3. The maximum atomic E-state index is 13.6. The van der Waals surface area contributed by atoms with E-state index in [1.165, 1.54) is 12.1 Å². The number of pyridine rings is 1. The molecule has 1 aliphatic heterocycles. The van der Waals surface area contributed by atoms with Crippen LogP contribution in [-0.4, -0.2) is 26.3 Å². The van der Waals surface area contributed by atoms with Crippen molar-refractivity contribution in [3.8, 4) is 11.1 Å². The van der Waals surface area contributed by atoms with E-state index in [0.717, 1.165) is 39.2 Å². The van der Waals surface area contributed by atoms with Gasteiger partial charge in [-0.05, 0) is 34.0 Å². The van der Waals surface area contributed by atoms with Crippen LogP contribution in [0.3, 0.4) is 0 Å². The Morgan fingerprint density at radius 2 is 1.81 bits per heavy atom. The van der Waals surface area contributed by atoms with Crippen LogP contribution in [0.1, 0.15) is 22.7 Å². The maximum absolute atomic E-state index is 13.6. The second kappa shape index (κ2) is 9.07. The lowest BCUT2D eigenvalue weighted by atomic mass is 9.92. The molecule has 11 heteroatoms. The van der Waals surface area contributed by atoms with Crippen LogP contribution in [0, 0.1) is 10.1 Å². The summed E-state index contributed by atoms with van der Waals surface area (Å²) in [4.78, 5) is 36.6. The van der Waals surface area contributed by atoms with Crippen LogP contribution in [0.2, 0.25) is 0 Å². The van der Waals surface area contributed by atoms with Crippen LogP contribution in [-0.2, 0) is 17.4 Å². The Hall–Kier alpha value is -4.12. The summed E-state index contributed by atoms with van der Waals surface area (Å²) in [6.07, 6.45) is -4.80. The van der Waals surface area contributed by atoms with Crippen LogP contribution in [0.5, 0.6) is 0 Å². The van der Waals surface area contributed by atoms with Crippen molar-refractivity contribution in [3.63, 3.8) is 0 Å². The smallest absolute Gasteiger partial charge is 0.416 e. The molecule has 0 spiro atoms. The molecule has 37 heavy (non-hydrogen) atoms. The van der Waals surface area contributed by atoms with E-state index in [2.05, 4.69) is 0 Å². The Morgan fingerprint density at radius 3 is 2.51 bits per heavy atom. The monoisotopic (exact) mass is 526 g/mol. The van der Waals surface area contributed by atoms with Gasteiger partial charge in [-0.15, -0.1) is 11.8 Å². The molecule has 1 atom stereocenters. The van der Waals surface area contributed by atoms with Crippen molar-refractivity contribution in [2.24, 2.45) is 0 Å². The number of hydrogen-bond acceptors (Lipinski definition) is 5. The van der Waals surface area contributed by atoms with Gasteiger partial charge in [-0.3, -0.25) is 19.5 Å². The van der Waals surface area contributed by atoms with Crippen molar-refractivity contribution in [2.75, 3.05) is 5.75 Å². The van der Waals surface area contributed by atoms with Gasteiger partial charge >= 0.3 is 23.4 Å².